The van der Waals surface area contributed by atoms with Crippen LogP contribution in [0, 0.1) is 5.92 Å². The van der Waals surface area contributed by atoms with Gasteiger partial charge < -0.3 is 9.47 Å². The van der Waals surface area contributed by atoms with Gasteiger partial charge >= 0.3 is 0 Å². The Hall–Kier alpha value is -0.450. The first-order valence-corrected chi connectivity index (χ1v) is 6.03. The molecule has 0 amide bonds. The summed E-state index contributed by atoms with van der Waals surface area (Å²) in [7, 11) is 3.79. The molecule has 2 rings (SSSR count). The van der Waals surface area contributed by atoms with Gasteiger partial charge in [-0.15, -0.1) is 0 Å². The van der Waals surface area contributed by atoms with Crippen LogP contribution in [0.15, 0.2) is 0 Å². The summed E-state index contributed by atoms with van der Waals surface area (Å²) in [4.78, 5) is 14.3. The molecule has 0 aromatic carbocycles. The molecule has 0 N–H and O–H groups in total. The first-order valence-electron chi connectivity index (χ1n) is 6.03. The Labute approximate surface area is 96.9 Å². The average Bonchev–Trinajstić information content (AvgIpc) is 2.25. The summed E-state index contributed by atoms with van der Waals surface area (Å²) in [6.45, 7) is 2.11. The second-order valence-corrected chi connectivity index (χ2v) is 4.89. The van der Waals surface area contributed by atoms with Crippen molar-refractivity contribution in [2.75, 3.05) is 34.0 Å². The number of nitrogens with zero attached hydrogens (tertiary/aromatic N) is 1. The highest BCUT2D eigenvalue weighted by molar-refractivity contribution is 5.81. The third-order valence-electron chi connectivity index (χ3n) is 3.89. The zero-order valence-electron chi connectivity index (χ0n) is 10.1. The molecule has 92 valence electrons. The Morgan fingerprint density at radius 1 is 1.38 bits per heavy atom. The van der Waals surface area contributed by atoms with Crippen molar-refractivity contribution in [3.8, 4) is 0 Å². The molecule has 4 heteroatoms. The Kier molecular flexibility index (Phi) is 3.95. The lowest BCUT2D eigenvalue weighted by atomic mass is 9.82. The number of likely N-dealkylation sites (N-methyl/N-ethyl adjacent to an activating group) is 1. The van der Waals surface area contributed by atoms with E-state index in [1.54, 1.807) is 7.11 Å². The zero-order chi connectivity index (χ0) is 11.5. The number of ketones is 1. The molecule has 2 aliphatic heterocycles. The van der Waals surface area contributed by atoms with Crippen LogP contribution >= 0.6 is 0 Å². The molecular weight excluding hydrogens is 206 g/mol. The molecule has 0 radical (unpaired) electrons. The molecule has 2 aliphatic rings. The minimum Gasteiger partial charge on any atom is -0.384 e. The fourth-order valence-electron chi connectivity index (χ4n) is 2.76. The highest BCUT2D eigenvalue weighted by Gasteiger charge is 2.38. The highest BCUT2D eigenvalue weighted by Crippen LogP contribution is 2.31. The van der Waals surface area contributed by atoms with Gasteiger partial charge in [-0.1, -0.05) is 0 Å². The fourth-order valence-corrected chi connectivity index (χ4v) is 2.76. The number of Topliss-reactive ketones (excluding diaryl/α,β-unsaturated/α-hetero) is 1. The minimum atomic E-state index is 0.227. The lowest BCUT2D eigenvalue weighted by Crippen LogP contribution is -2.55. The number of carbonyl (C=O) groups is 1. The summed E-state index contributed by atoms with van der Waals surface area (Å²) in [5.41, 5.74) is 0. The van der Waals surface area contributed by atoms with Gasteiger partial charge in [0.15, 0.2) is 0 Å². The van der Waals surface area contributed by atoms with Crippen LogP contribution in [0.2, 0.25) is 0 Å². The van der Waals surface area contributed by atoms with Gasteiger partial charge in [0.05, 0.1) is 19.8 Å². The standard InChI is InChI=1S/C12H21NO3/c1-13-10-5-9(12(14)3-4-15-2)6-11(13)8-16-7-10/h9-11H,3-8H2,1-2H3. The summed E-state index contributed by atoms with van der Waals surface area (Å²) in [6, 6.07) is 0.869. The topological polar surface area (TPSA) is 38.8 Å². The quantitative estimate of drug-likeness (QED) is 0.708. The van der Waals surface area contributed by atoms with E-state index in [1.807, 2.05) is 0 Å². The van der Waals surface area contributed by atoms with Crippen LogP contribution in [-0.4, -0.2) is 56.7 Å². The Balaban J connectivity index is 1.91. The lowest BCUT2D eigenvalue weighted by Gasteiger charge is -2.46. The van der Waals surface area contributed by atoms with Gasteiger partial charge in [0.1, 0.15) is 5.78 Å². The number of hydrogen-bond acceptors (Lipinski definition) is 4. The molecule has 2 atom stereocenters. The maximum absolute atomic E-state index is 12.0. The van der Waals surface area contributed by atoms with Gasteiger partial charge in [0.2, 0.25) is 0 Å². The molecule has 2 saturated heterocycles. The van der Waals surface area contributed by atoms with Crippen LogP contribution < -0.4 is 0 Å². The van der Waals surface area contributed by atoms with Crippen molar-refractivity contribution in [2.24, 2.45) is 5.92 Å². The molecule has 2 heterocycles. The fraction of sp³-hybridized carbons (Fsp3) is 0.917. The summed E-state index contributed by atoms with van der Waals surface area (Å²) < 4.78 is 10.5. The SMILES string of the molecule is COCCC(=O)C1CC2COCC(C1)N2C. The number of ether oxygens (including phenoxy) is 2. The Morgan fingerprint density at radius 3 is 2.56 bits per heavy atom. The Bertz CT molecular complexity index is 243. The first kappa shape index (κ1) is 12.0. The maximum Gasteiger partial charge on any atom is 0.138 e. The third-order valence-corrected chi connectivity index (χ3v) is 3.89. The van der Waals surface area contributed by atoms with Crippen LogP contribution in [0.1, 0.15) is 19.3 Å². The highest BCUT2D eigenvalue weighted by atomic mass is 16.5. The van der Waals surface area contributed by atoms with E-state index in [9.17, 15) is 4.79 Å². The van der Waals surface area contributed by atoms with Gasteiger partial charge in [-0.2, -0.15) is 0 Å². The predicted octanol–water partition coefficient (Wildman–Crippen LogP) is 0.701. The van der Waals surface area contributed by atoms with Crippen molar-refractivity contribution in [2.45, 2.75) is 31.3 Å². The average molecular weight is 227 g/mol. The molecule has 2 fully saturated rings. The van der Waals surface area contributed by atoms with E-state index >= 15 is 0 Å². The second-order valence-electron chi connectivity index (χ2n) is 4.89. The van der Waals surface area contributed by atoms with Gasteiger partial charge in [0, 0.05) is 31.5 Å². The number of rotatable bonds is 4. The zero-order valence-corrected chi connectivity index (χ0v) is 10.1. The first-order chi connectivity index (χ1) is 7.72. The predicted molar refractivity (Wildman–Crippen MR) is 60.4 cm³/mol. The number of carbonyl (C=O) groups excluding carboxylic acids is 1. The van der Waals surface area contributed by atoms with E-state index in [2.05, 4.69) is 11.9 Å². The minimum absolute atomic E-state index is 0.227. The van der Waals surface area contributed by atoms with E-state index in [0.29, 0.717) is 30.9 Å². The molecular formula is C12H21NO3. The van der Waals surface area contributed by atoms with E-state index < -0.39 is 0 Å². The summed E-state index contributed by atoms with van der Waals surface area (Å²) in [5, 5.41) is 0. The normalized spacial score (nSPS) is 35.0. The molecule has 0 aliphatic carbocycles. The summed E-state index contributed by atoms with van der Waals surface area (Å²) in [6.07, 6.45) is 2.47. The van der Waals surface area contributed by atoms with Crippen molar-refractivity contribution < 1.29 is 14.3 Å². The van der Waals surface area contributed by atoms with Crippen LogP contribution in [0.4, 0.5) is 0 Å². The van der Waals surface area contributed by atoms with Crippen molar-refractivity contribution in [1.82, 2.24) is 4.90 Å². The number of piperidine rings is 1. The molecule has 2 bridgehead atoms. The van der Waals surface area contributed by atoms with Crippen LogP contribution in [0.5, 0.6) is 0 Å². The maximum atomic E-state index is 12.0. The summed E-state index contributed by atoms with van der Waals surface area (Å²) >= 11 is 0. The van der Waals surface area contributed by atoms with Crippen molar-refractivity contribution in [3.05, 3.63) is 0 Å². The van der Waals surface area contributed by atoms with Crippen LogP contribution in [0.25, 0.3) is 0 Å². The summed E-state index contributed by atoms with van der Waals surface area (Å²) in [5.74, 6) is 0.595. The van der Waals surface area contributed by atoms with Gasteiger partial charge in [-0.25, -0.2) is 0 Å². The van der Waals surface area contributed by atoms with E-state index in [4.69, 9.17) is 9.47 Å². The molecule has 2 unspecified atom stereocenters. The molecule has 4 nitrogen and oxygen atoms in total. The Morgan fingerprint density at radius 2 is 2.00 bits per heavy atom. The number of hydrogen-bond donors (Lipinski definition) is 0. The van der Waals surface area contributed by atoms with E-state index in [0.717, 1.165) is 26.1 Å². The molecule has 16 heavy (non-hydrogen) atoms. The molecule has 0 aromatic heterocycles. The van der Waals surface area contributed by atoms with Crippen molar-refractivity contribution >= 4 is 5.78 Å². The number of methoxy groups -OCH3 is 1. The second kappa shape index (κ2) is 5.25. The van der Waals surface area contributed by atoms with Crippen molar-refractivity contribution in [1.29, 1.82) is 0 Å². The van der Waals surface area contributed by atoms with Gasteiger partial charge in [-0.05, 0) is 19.9 Å². The van der Waals surface area contributed by atoms with Gasteiger partial charge in [0.25, 0.3) is 0 Å². The monoisotopic (exact) mass is 227 g/mol. The van der Waals surface area contributed by atoms with Crippen LogP contribution in [-0.2, 0) is 14.3 Å². The largest absolute Gasteiger partial charge is 0.384 e. The molecule has 0 saturated carbocycles. The smallest absolute Gasteiger partial charge is 0.138 e. The van der Waals surface area contributed by atoms with E-state index in [1.165, 1.54) is 0 Å². The number of fused-ring (bicyclic) bond motifs is 2. The molecule has 0 spiro atoms. The van der Waals surface area contributed by atoms with E-state index in [-0.39, 0.29) is 5.92 Å². The van der Waals surface area contributed by atoms with Crippen LogP contribution in [0.3, 0.4) is 0 Å². The lowest BCUT2D eigenvalue weighted by molar-refractivity contribution is -0.131. The van der Waals surface area contributed by atoms with Gasteiger partial charge in [-0.3, -0.25) is 9.69 Å². The third kappa shape index (κ3) is 2.44. The molecule has 0 aromatic rings. The number of morpholine rings is 1. The van der Waals surface area contributed by atoms with Crippen molar-refractivity contribution in [3.63, 3.8) is 0 Å².